The second kappa shape index (κ2) is 7.88. The molecule has 2 rings (SSSR count). The van der Waals surface area contributed by atoms with Crippen molar-refractivity contribution < 1.29 is 9.15 Å². The van der Waals surface area contributed by atoms with E-state index in [0.29, 0.717) is 6.61 Å². The van der Waals surface area contributed by atoms with Gasteiger partial charge in [-0.25, -0.2) is 0 Å². The van der Waals surface area contributed by atoms with Crippen molar-refractivity contribution in [2.45, 2.75) is 32.4 Å². The van der Waals surface area contributed by atoms with Crippen LogP contribution in [0.25, 0.3) is 0 Å². The highest BCUT2D eigenvalue weighted by Crippen LogP contribution is 2.21. The number of furan rings is 1. The fraction of sp³-hybridized carbons (Fsp3) is 0.412. The molecule has 3 nitrogen and oxygen atoms in total. The molecule has 1 aromatic carbocycles. The molecule has 108 valence electrons. The molecule has 1 atom stereocenters. The van der Waals surface area contributed by atoms with E-state index in [2.05, 4.69) is 36.5 Å². The minimum absolute atomic E-state index is 0.211. The number of methoxy groups -OCH3 is 1. The molecule has 2 aromatic rings. The van der Waals surface area contributed by atoms with Crippen LogP contribution in [0.4, 0.5) is 0 Å². The molecule has 20 heavy (non-hydrogen) atoms. The molecule has 1 heterocycles. The van der Waals surface area contributed by atoms with Crippen molar-refractivity contribution in [2.24, 2.45) is 0 Å². The molecule has 0 fully saturated rings. The van der Waals surface area contributed by atoms with Crippen LogP contribution < -0.4 is 5.32 Å². The van der Waals surface area contributed by atoms with E-state index in [0.717, 1.165) is 30.9 Å². The maximum atomic E-state index is 5.87. The summed E-state index contributed by atoms with van der Waals surface area (Å²) < 4.78 is 11.0. The van der Waals surface area contributed by atoms with E-state index in [1.807, 2.05) is 18.2 Å². The first-order valence-corrected chi connectivity index (χ1v) is 7.18. The van der Waals surface area contributed by atoms with E-state index >= 15 is 0 Å². The van der Waals surface area contributed by atoms with E-state index in [9.17, 15) is 0 Å². The lowest BCUT2D eigenvalue weighted by atomic mass is 10.0. The van der Waals surface area contributed by atoms with Gasteiger partial charge in [-0.15, -0.1) is 0 Å². The molecule has 0 saturated heterocycles. The summed E-state index contributed by atoms with van der Waals surface area (Å²) in [5.74, 6) is 1.85. The van der Waals surface area contributed by atoms with Gasteiger partial charge in [-0.1, -0.05) is 37.3 Å². The second-order valence-corrected chi connectivity index (χ2v) is 4.93. The van der Waals surface area contributed by atoms with Crippen molar-refractivity contribution in [3.05, 3.63) is 59.5 Å². The number of rotatable bonds is 8. The summed E-state index contributed by atoms with van der Waals surface area (Å²) in [5.41, 5.74) is 1.31. The summed E-state index contributed by atoms with van der Waals surface area (Å²) in [6, 6.07) is 14.7. The highest BCUT2D eigenvalue weighted by molar-refractivity contribution is 5.19. The minimum Gasteiger partial charge on any atom is -0.462 e. The topological polar surface area (TPSA) is 34.4 Å². The van der Waals surface area contributed by atoms with E-state index in [1.54, 1.807) is 7.11 Å². The number of nitrogens with one attached hydrogen (secondary N) is 1. The van der Waals surface area contributed by atoms with Gasteiger partial charge < -0.3 is 14.5 Å². The Kier molecular flexibility index (Phi) is 5.84. The van der Waals surface area contributed by atoms with Gasteiger partial charge >= 0.3 is 0 Å². The minimum atomic E-state index is 0.211. The highest BCUT2D eigenvalue weighted by atomic mass is 16.5. The molecule has 0 saturated carbocycles. The molecule has 0 aliphatic carbocycles. The summed E-state index contributed by atoms with van der Waals surface area (Å²) in [4.78, 5) is 0. The summed E-state index contributed by atoms with van der Waals surface area (Å²) >= 11 is 0. The Labute approximate surface area is 121 Å². The summed E-state index contributed by atoms with van der Waals surface area (Å²) in [6.07, 6.45) is 2.04. The van der Waals surface area contributed by atoms with Crippen LogP contribution in [0.5, 0.6) is 0 Å². The molecule has 1 unspecified atom stereocenters. The van der Waals surface area contributed by atoms with E-state index in [1.165, 1.54) is 5.56 Å². The lowest BCUT2D eigenvalue weighted by Gasteiger charge is -2.16. The summed E-state index contributed by atoms with van der Waals surface area (Å²) in [7, 11) is 1.68. The molecular weight excluding hydrogens is 250 g/mol. The molecule has 0 aliphatic rings. The lowest BCUT2D eigenvalue weighted by Crippen LogP contribution is -2.23. The SMILES string of the molecule is CCCNC(Cc1ccccc1)c1ccc(COC)o1. The normalized spacial score (nSPS) is 12.5. The number of ether oxygens (including phenoxy) is 1. The van der Waals surface area contributed by atoms with Crippen molar-refractivity contribution >= 4 is 0 Å². The third-order valence-corrected chi connectivity index (χ3v) is 3.24. The van der Waals surface area contributed by atoms with Gasteiger partial charge in [0.25, 0.3) is 0 Å². The third-order valence-electron chi connectivity index (χ3n) is 3.24. The Hall–Kier alpha value is -1.58. The number of hydrogen-bond acceptors (Lipinski definition) is 3. The van der Waals surface area contributed by atoms with Gasteiger partial charge in [0.15, 0.2) is 0 Å². The Morgan fingerprint density at radius 2 is 1.95 bits per heavy atom. The van der Waals surface area contributed by atoms with Gasteiger partial charge in [0.2, 0.25) is 0 Å². The average Bonchev–Trinajstić information content (AvgIpc) is 2.93. The molecule has 0 aliphatic heterocycles. The van der Waals surface area contributed by atoms with Crippen molar-refractivity contribution in [3.63, 3.8) is 0 Å². The monoisotopic (exact) mass is 273 g/mol. The van der Waals surface area contributed by atoms with Crippen molar-refractivity contribution in [1.82, 2.24) is 5.32 Å². The van der Waals surface area contributed by atoms with Crippen LogP contribution in [-0.2, 0) is 17.8 Å². The van der Waals surface area contributed by atoms with Gasteiger partial charge in [0, 0.05) is 7.11 Å². The zero-order valence-corrected chi connectivity index (χ0v) is 12.3. The smallest absolute Gasteiger partial charge is 0.129 e. The fourth-order valence-electron chi connectivity index (χ4n) is 2.24. The number of hydrogen-bond donors (Lipinski definition) is 1. The number of benzene rings is 1. The molecule has 0 amide bonds. The van der Waals surface area contributed by atoms with Crippen LogP contribution in [0.3, 0.4) is 0 Å². The Morgan fingerprint density at radius 1 is 1.15 bits per heavy atom. The Bertz CT molecular complexity index is 493. The molecule has 3 heteroatoms. The zero-order valence-electron chi connectivity index (χ0n) is 12.3. The van der Waals surface area contributed by atoms with Crippen LogP contribution in [0, 0.1) is 0 Å². The molecule has 0 radical (unpaired) electrons. The van der Waals surface area contributed by atoms with Crippen LogP contribution >= 0.6 is 0 Å². The highest BCUT2D eigenvalue weighted by Gasteiger charge is 2.15. The fourth-order valence-corrected chi connectivity index (χ4v) is 2.24. The lowest BCUT2D eigenvalue weighted by molar-refractivity contribution is 0.161. The van der Waals surface area contributed by atoms with Gasteiger partial charge in [0.05, 0.1) is 6.04 Å². The molecule has 0 spiro atoms. The molecule has 1 N–H and O–H groups in total. The Balaban J connectivity index is 2.09. The maximum absolute atomic E-state index is 5.87. The van der Waals surface area contributed by atoms with E-state index in [4.69, 9.17) is 9.15 Å². The standard InChI is InChI=1S/C17H23NO2/c1-3-11-18-16(12-14-7-5-4-6-8-14)17-10-9-15(20-17)13-19-2/h4-10,16,18H,3,11-13H2,1-2H3. The Morgan fingerprint density at radius 3 is 2.65 bits per heavy atom. The van der Waals surface area contributed by atoms with Gasteiger partial charge in [-0.3, -0.25) is 0 Å². The van der Waals surface area contributed by atoms with Crippen LogP contribution in [0.2, 0.25) is 0 Å². The van der Waals surface area contributed by atoms with E-state index < -0.39 is 0 Å². The molecular formula is C17H23NO2. The maximum Gasteiger partial charge on any atom is 0.129 e. The first kappa shape index (κ1) is 14.8. The van der Waals surface area contributed by atoms with Crippen molar-refractivity contribution in [1.29, 1.82) is 0 Å². The largest absolute Gasteiger partial charge is 0.462 e. The van der Waals surface area contributed by atoms with Crippen LogP contribution in [0.15, 0.2) is 46.9 Å². The van der Waals surface area contributed by atoms with Gasteiger partial charge in [-0.05, 0) is 37.1 Å². The first-order valence-electron chi connectivity index (χ1n) is 7.18. The first-order chi connectivity index (χ1) is 9.83. The van der Waals surface area contributed by atoms with Gasteiger partial charge in [0.1, 0.15) is 18.1 Å². The third kappa shape index (κ3) is 4.22. The quantitative estimate of drug-likeness (QED) is 0.796. The van der Waals surface area contributed by atoms with E-state index in [-0.39, 0.29) is 6.04 Å². The van der Waals surface area contributed by atoms with Gasteiger partial charge in [-0.2, -0.15) is 0 Å². The predicted molar refractivity (Wildman–Crippen MR) is 80.6 cm³/mol. The summed E-state index contributed by atoms with van der Waals surface area (Å²) in [6.45, 7) is 3.68. The average molecular weight is 273 g/mol. The summed E-state index contributed by atoms with van der Waals surface area (Å²) in [5, 5.41) is 3.56. The second-order valence-electron chi connectivity index (χ2n) is 4.93. The molecule has 0 bridgehead atoms. The van der Waals surface area contributed by atoms with Crippen LogP contribution in [-0.4, -0.2) is 13.7 Å². The predicted octanol–water partition coefficient (Wildman–Crippen LogP) is 3.71. The zero-order chi connectivity index (χ0) is 14.2. The molecule has 1 aromatic heterocycles. The van der Waals surface area contributed by atoms with Crippen molar-refractivity contribution in [2.75, 3.05) is 13.7 Å². The van der Waals surface area contributed by atoms with Crippen molar-refractivity contribution in [3.8, 4) is 0 Å². The van der Waals surface area contributed by atoms with Crippen LogP contribution in [0.1, 0.15) is 36.5 Å².